The van der Waals surface area contributed by atoms with Crippen LogP contribution in [0.15, 0.2) is 164 Å². The van der Waals surface area contributed by atoms with Crippen molar-refractivity contribution in [1.82, 2.24) is 19.1 Å². The lowest BCUT2D eigenvalue weighted by atomic mass is 9.87. The quantitative estimate of drug-likeness (QED) is 0.185. The second-order valence-electron chi connectivity index (χ2n) is 13.8. The Labute approximate surface area is 304 Å². The molecule has 0 saturated carbocycles. The van der Waals surface area contributed by atoms with Gasteiger partial charge in [-0.05, 0) is 36.2 Å². The zero-order valence-corrected chi connectivity index (χ0v) is 29.3. The van der Waals surface area contributed by atoms with Gasteiger partial charge in [-0.25, -0.2) is 9.97 Å². The van der Waals surface area contributed by atoms with E-state index in [2.05, 4.69) is 174 Å². The number of thiophene rings is 1. The lowest BCUT2D eigenvalue weighted by molar-refractivity contribution is 0.625. The van der Waals surface area contributed by atoms with E-state index in [1.54, 1.807) is 0 Å². The van der Waals surface area contributed by atoms with Crippen molar-refractivity contribution in [2.24, 2.45) is 5.92 Å². The summed E-state index contributed by atoms with van der Waals surface area (Å²) in [5.74, 6) is 1.25. The molecule has 4 heterocycles. The molecule has 5 heteroatoms. The number of hydrogen-bond acceptors (Lipinski definition) is 3. The van der Waals surface area contributed by atoms with E-state index in [4.69, 9.17) is 9.97 Å². The Hall–Kier alpha value is -6.30. The van der Waals surface area contributed by atoms with Crippen LogP contribution in [0.3, 0.4) is 0 Å². The third kappa shape index (κ3) is 4.20. The van der Waals surface area contributed by atoms with Crippen molar-refractivity contribution in [2.75, 3.05) is 0 Å². The first-order valence-corrected chi connectivity index (χ1v) is 18.7. The summed E-state index contributed by atoms with van der Waals surface area (Å²) in [5.41, 5.74) is 10.2. The number of nitrogens with zero attached hydrogens (tertiary/aromatic N) is 4. The van der Waals surface area contributed by atoms with Crippen molar-refractivity contribution in [1.29, 1.82) is 0 Å². The van der Waals surface area contributed by atoms with Crippen molar-refractivity contribution < 1.29 is 0 Å². The van der Waals surface area contributed by atoms with E-state index in [0.717, 1.165) is 44.1 Å². The molecule has 0 radical (unpaired) electrons. The van der Waals surface area contributed by atoms with E-state index < -0.39 is 0 Å². The van der Waals surface area contributed by atoms with Crippen LogP contribution in [-0.4, -0.2) is 19.1 Å². The zero-order chi connectivity index (χ0) is 34.3. The van der Waals surface area contributed by atoms with Gasteiger partial charge in [0.2, 0.25) is 0 Å². The molecule has 6 aromatic carbocycles. The maximum absolute atomic E-state index is 5.35. The predicted molar refractivity (Wildman–Crippen MR) is 219 cm³/mol. The number of allylic oxidation sites excluding steroid dienone is 4. The lowest BCUT2D eigenvalue weighted by Crippen LogP contribution is -2.10. The summed E-state index contributed by atoms with van der Waals surface area (Å²) in [6, 6.07) is 50.2. The fourth-order valence-corrected chi connectivity index (χ4v) is 9.73. The Morgan fingerprint density at radius 3 is 1.87 bits per heavy atom. The van der Waals surface area contributed by atoms with E-state index in [-0.39, 0.29) is 5.92 Å². The minimum Gasteiger partial charge on any atom is -0.307 e. The number of aromatic nitrogens is 4. The topological polar surface area (TPSA) is 35.6 Å². The minimum atomic E-state index is 0.156. The summed E-state index contributed by atoms with van der Waals surface area (Å²) in [5, 5.41) is 6.12. The van der Waals surface area contributed by atoms with Gasteiger partial charge in [0.15, 0.2) is 5.82 Å². The Morgan fingerprint density at radius 1 is 0.519 bits per heavy atom. The molecule has 0 N–H and O–H groups in total. The van der Waals surface area contributed by atoms with E-state index in [9.17, 15) is 0 Å². The van der Waals surface area contributed by atoms with Crippen LogP contribution in [0.1, 0.15) is 18.5 Å². The van der Waals surface area contributed by atoms with Gasteiger partial charge in [0.1, 0.15) is 0 Å². The summed E-state index contributed by atoms with van der Waals surface area (Å²) in [7, 11) is 0. The molecule has 11 rings (SSSR count). The normalized spacial score (nSPS) is 16.0. The molecule has 4 aromatic heterocycles. The van der Waals surface area contributed by atoms with E-state index in [0.29, 0.717) is 5.92 Å². The highest BCUT2D eigenvalue weighted by Gasteiger charge is 2.27. The summed E-state index contributed by atoms with van der Waals surface area (Å²) in [6.07, 6.45) is 8.90. The molecule has 52 heavy (non-hydrogen) atoms. The molecule has 0 amide bonds. The molecule has 1 aliphatic carbocycles. The predicted octanol–water partition coefficient (Wildman–Crippen LogP) is 12.6. The smallest absolute Gasteiger partial charge is 0.160 e. The summed E-state index contributed by atoms with van der Waals surface area (Å²) < 4.78 is 7.33. The molecule has 10 aromatic rings. The Morgan fingerprint density at radius 2 is 1.13 bits per heavy atom. The monoisotopic (exact) mass is 684 g/mol. The molecule has 0 saturated heterocycles. The molecular formula is C47H32N4S. The van der Waals surface area contributed by atoms with E-state index >= 15 is 0 Å². The van der Waals surface area contributed by atoms with Crippen LogP contribution < -0.4 is 0 Å². The highest BCUT2D eigenvalue weighted by Crippen LogP contribution is 2.46. The third-order valence-electron chi connectivity index (χ3n) is 10.8. The van der Waals surface area contributed by atoms with Gasteiger partial charge in [0.25, 0.3) is 0 Å². The minimum absolute atomic E-state index is 0.156. The Bertz CT molecular complexity index is 3090. The van der Waals surface area contributed by atoms with Gasteiger partial charge in [0, 0.05) is 44.1 Å². The molecule has 2 atom stereocenters. The SMILES string of the molecule is CC1C=CC=CC1c1nc(-c2ccccc2)nc2c1sc1c(-n3c4ccccc4c4ccc5c6ccccc6n(-c6ccccc6)c5c43)cccc12. The fourth-order valence-electron chi connectivity index (χ4n) is 8.44. The summed E-state index contributed by atoms with van der Waals surface area (Å²) >= 11 is 1.83. The second-order valence-corrected chi connectivity index (χ2v) is 14.8. The summed E-state index contributed by atoms with van der Waals surface area (Å²) in [6.45, 7) is 2.29. The first-order chi connectivity index (χ1) is 25.7. The molecule has 1 aliphatic rings. The van der Waals surface area contributed by atoms with Gasteiger partial charge in [0.05, 0.1) is 48.4 Å². The highest BCUT2D eigenvalue weighted by molar-refractivity contribution is 7.26. The van der Waals surface area contributed by atoms with E-state index in [1.165, 1.54) is 48.3 Å². The third-order valence-corrected chi connectivity index (χ3v) is 12.1. The first kappa shape index (κ1) is 29.4. The number of rotatable bonds is 4. The number of fused-ring (bicyclic) bond motifs is 10. The van der Waals surface area contributed by atoms with Crippen LogP contribution in [0.25, 0.3) is 86.7 Å². The molecule has 246 valence electrons. The maximum Gasteiger partial charge on any atom is 0.160 e. The Kier molecular flexibility index (Phi) is 6.43. The molecule has 0 spiro atoms. The average Bonchev–Trinajstić information content (AvgIpc) is 3.86. The molecule has 4 nitrogen and oxygen atoms in total. The molecule has 0 bridgehead atoms. The molecule has 0 fully saturated rings. The molecular weight excluding hydrogens is 653 g/mol. The average molecular weight is 685 g/mol. The van der Waals surface area contributed by atoms with Gasteiger partial charge in [-0.15, -0.1) is 11.3 Å². The van der Waals surface area contributed by atoms with Crippen LogP contribution in [0.4, 0.5) is 0 Å². The van der Waals surface area contributed by atoms with Gasteiger partial charge in [-0.1, -0.05) is 140 Å². The maximum atomic E-state index is 5.35. The van der Waals surface area contributed by atoms with Crippen molar-refractivity contribution in [3.8, 4) is 22.8 Å². The lowest BCUT2D eigenvalue weighted by Gasteiger charge is -2.21. The van der Waals surface area contributed by atoms with Gasteiger partial charge < -0.3 is 9.13 Å². The Balaban J connectivity index is 1.29. The standard InChI is InChI=1S/C47H32N4S/c1-29-15-8-9-20-32(29)41-46-42(49-47(48-41)30-16-4-2-5-17-30)37-23-14-26-40(45(37)52-46)51-39-25-13-11-22-34(39)36-28-27-35-33-21-10-12-24-38(33)50(43(35)44(36)51)31-18-6-3-7-19-31/h2-29,32H,1H3. The van der Waals surface area contributed by atoms with Crippen LogP contribution in [-0.2, 0) is 0 Å². The summed E-state index contributed by atoms with van der Waals surface area (Å²) in [4.78, 5) is 10.7. The van der Waals surface area contributed by atoms with Crippen LogP contribution in [0.5, 0.6) is 0 Å². The van der Waals surface area contributed by atoms with Crippen molar-refractivity contribution in [2.45, 2.75) is 12.8 Å². The fraction of sp³-hybridized carbons (Fsp3) is 0.0638. The van der Waals surface area contributed by atoms with Gasteiger partial charge in [-0.2, -0.15) is 0 Å². The molecule has 2 unspecified atom stereocenters. The van der Waals surface area contributed by atoms with Gasteiger partial charge in [-0.3, -0.25) is 0 Å². The van der Waals surface area contributed by atoms with Crippen molar-refractivity contribution in [3.05, 3.63) is 170 Å². The van der Waals surface area contributed by atoms with Crippen LogP contribution in [0, 0.1) is 5.92 Å². The number of hydrogen-bond donors (Lipinski definition) is 0. The van der Waals surface area contributed by atoms with E-state index in [1.807, 2.05) is 17.4 Å². The van der Waals surface area contributed by atoms with Crippen LogP contribution in [0.2, 0.25) is 0 Å². The number of para-hydroxylation sites is 3. The highest BCUT2D eigenvalue weighted by atomic mass is 32.1. The zero-order valence-electron chi connectivity index (χ0n) is 28.4. The van der Waals surface area contributed by atoms with Gasteiger partial charge >= 0.3 is 0 Å². The first-order valence-electron chi connectivity index (χ1n) is 17.9. The number of benzene rings is 6. The largest absolute Gasteiger partial charge is 0.307 e. The van der Waals surface area contributed by atoms with Crippen molar-refractivity contribution in [3.63, 3.8) is 0 Å². The second kappa shape index (κ2) is 11.4. The van der Waals surface area contributed by atoms with Crippen molar-refractivity contribution >= 4 is 75.3 Å². The molecule has 0 aliphatic heterocycles. The van der Waals surface area contributed by atoms with Crippen LogP contribution >= 0.6 is 11.3 Å².